The lowest BCUT2D eigenvalue weighted by molar-refractivity contribution is -0.141. The summed E-state index contributed by atoms with van der Waals surface area (Å²) in [6.45, 7) is -0.0556. The van der Waals surface area contributed by atoms with E-state index in [-0.39, 0.29) is 27.7 Å². The largest absolute Gasteiger partial charge is 0.433 e. The standard InChI is InChI=1S/C18H13ClF4N2O2S2/c19-13-9-11(5-6-14(13)20)29(26,27)24-7-8-28-16-10-17(18(21,22)23)25-15-4-2-1-3-12(15)16/h1-6,9-10,24H,7-8H2. The van der Waals surface area contributed by atoms with E-state index in [1.165, 1.54) is 6.07 Å². The van der Waals surface area contributed by atoms with Gasteiger partial charge in [-0.1, -0.05) is 29.8 Å². The number of halogens is 5. The summed E-state index contributed by atoms with van der Waals surface area (Å²) in [6, 6.07) is 10.3. The summed E-state index contributed by atoms with van der Waals surface area (Å²) >= 11 is 6.67. The second-order valence-electron chi connectivity index (χ2n) is 5.84. The third kappa shape index (κ3) is 5.19. The van der Waals surface area contributed by atoms with Crippen molar-refractivity contribution >= 4 is 44.3 Å². The van der Waals surface area contributed by atoms with E-state index in [1.54, 1.807) is 18.2 Å². The lowest BCUT2D eigenvalue weighted by atomic mass is 10.2. The first kappa shape index (κ1) is 21.8. The van der Waals surface area contributed by atoms with Gasteiger partial charge < -0.3 is 0 Å². The third-order valence-corrected chi connectivity index (χ3v) is 6.63. The Morgan fingerprint density at radius 3 is 2.52 bits per heavy atom. The molecule has 0 atom stereocenters. The first-order chi connectivity index (χ1) is 13.6. The van der Waals surface area contributed by atoms with Crippen LogP contribution in [0.1, 0.15) is 5.69 Å². The molecule has 154 valence electrons. The van der Waals surface area contributed by atoms with E-state index in [1.807, 2.05) is 0 Å². The maximum absolute atomic E-state index is 13.2. The molecule has 0 aliphatic carbocycles. The topological polar surface area (TPSA) is 59.1 Å². The lowest BCUT2D eigenvalue weighted by Crippen LogP contribution is -2.26. The van der Waals surface area contributed by atoms with Gasteiger partial charge in [-0.05, 0) is 30.3 Å². The molecule has 0 aliphatic heterocycles. The Labute approximate surface area is 173 Å². The summed E-state index contributed by atoms with van der Waals surface area (Å²) in [5.74, 6) is -0.578. The van der Waals surface area contributed by atoms with Crippen molar-refractivity contribution in [1.82, 2.24) is 9.71 Å². The first-order valence-electron chi connectivity index (χ1n) is 8.12. The Kier molecular flexibility index (Phi) is 6.37. The smallest absolute Gasteiger partial charge is 0.243 e. The molecule has 0 bridgehead atoms. The molecular formula is C18H13ClF4N2O2S2. The normalized spacial score (nSPS) is 12.4. The first-order valence-corrected chi connectivity index (χ1v) is 11.0. The number of benzene rings is 2. The predicted molar refractivity (Wildman–Crippen MR) is 104 cm³/mol. The van der Waals surface area contributed by atoms with Crippen LogP contribution in [-0.2, 0) is 16.2 Å². The van der Waals surface area contributed by atoms with Crippen molar-refractivity contribution in [2.45, 2.75) is 16.0 Å². The van der Waals surface area contributed by atoms with Crippen LogP contribution in [0.4, 0.5) is 17.6 Å². The van der Waals surface area contributed by atoms with Crippen molar-refractivity contribution in [2.75, 3.05) is 12.3 Å². The van der Waals surface area contributed by atoms with Crippen molar-refractivity contribution in [3.63, 3.8) is 0 Å². The zero-order chi connectivity index (χ0) is 21.2. The molecule has 3 aromatic rings. The van der Waals surface area contributed by atoms with E-state index in [0.717, 1.165) is 36.0 Å². The number of pyridine rings is 1. The van der Waals surface area contributed by atoms with Crippen LogP contribution in [-0.4, -0.2) is 25.7 Å². The van der Waals surface area contributed by atoms with Crippen LogP contribution in [0.2, 0.25) is 5.02 Å². The second-order valence-corrected chi connectivity index (χ2v) is 9.15. The SMILES string of the molecule is O=S(=O)(NCCSc1cc(C(F)(F)F)nc2ccccc12)c1ccc(F)c(Cl)c1. The van der Waals surface area contributed by atoms with Gasteiger partial charge in [-0.25, -0.2) is 22.5 Å². The predicted octanol–water partition coefficient (Wildman–Crippen LogP) is 5.12. The molecule has 11 heteroatoms. The van der Waals surface area contributed by atoms with E-state index in [0.29, 0.717) is 10.3 Å². The number of hydrogen-bond acceptors (Lipinski definition) is 4. The van der Waals surface area contributed by atoms with Crippen molar-refractivity contribution in [1.29, 1.82) is 0 Å². The van der Waals surface area contributed by atoms with E-state index in [2.05, 4.69) is 9.71 Å². The summed E-state index contributed by atoms with van der Waals surface area (Å²) in [4.78, 5) is 3.77. The maximum atomic E-state index is 13.2. The molecule has 0 fully saturated rings. The molecule has 3 rings (SSSR count). The summed E-state index contributed by atoms with van der Waals surface area (Å²) in [6.07, 6.45) is -4.59. The maximum Gasteiger partial charge on any atom is 0.433 e. The molecule has 0 saturated carbocycles. The zero-order valence-corrected chi connectivity index (χ0v) is 16.9. The van der Waals surface area contributed by atoms with Gasteiger partial charge in [0.25, 0.3) is 0 Å². The number of aromatic nitrogens is 1. The highest BCUT2D eigenvalue weighted by Gasteiger charge is 2.33. The molecule has 0 spiro atoms. The molecule has 4 nitrogen and oxygen atoms in total. The highest BCUT2D eigenvalue weighted by molar-refractivity contribution is 7.99. The van der Waals surface area contributed by atoms with Gasteiger partial charge in [0.05, 0.1) is 15.4 Å². The number of alkyl halides is 3. The molecule has 1 heterocycles. The summed E-state index contributed by atoms with van der Waals surface area (Å²) in [5.41, 5.74) is -0.813. The molecule has 29 heavy (non-hydrogen) atoms. The lowest BCUT2D eigenvalue weighted by Gasteiger charge is -2.12. The van der Waals surface area contributed by atoms with Gasteiger partial charge in [-0.15, -0.1) is 11.8 Å². The van der Waals surface area contributed by atoms with Gasteiger partial charge in [0.2, 0.25) is 10.0 Å². The van der Waals surface area contributed by atoms with Crippen LogP contribution in [0, 0.1) is 5.82 Å². The van der Waals surface area contributed by atoms with Crippen LogP contribution in [0.15, 0.2) is 58.3 Å². The minimum Gasteiger partial charge on any atom is -0.243 e. The minimum absolute atomic E-state index is 0.0556. The number of fused-ring (bicyclic) bond motifs is 1. The molecular weight excluding hydrogens is 452 g/mol. The fourth-order valence-corrected chi connectivity index (χ4v) is 4.85. The zero-order valence-electron chi connectivity index (χ0n) is 14.5. The fraction of sp³-hybridized carbons (Fsp3) is 0.167. The van der Waals surface area contributed by atoms with Crippen molar-refractivity contribution in [3.8, 4) is 0 Å². The van der Waals surface area contributed by atoms with E-state index in [9.17, 15) is 26.0 Å². The van der Waals surface area contributed by atoms with Gasteiger partial charge in [-0.3, -0.25) is 0 Å². The number of nitrogens with one attached hydrogen (secondary N) is 1. The van der Waals surface area contributed by atoms with E-state index in [4.69, 9.17) is 11.6 Å². The van der Waals surface area contributed by atoms with Crippen LogP contribution in [0.3, 0.4) is 0 Å². The van der Waals surface area contributed by atoms with Gasteiger partial charge in [0.15, 0.2) is 0 Å². The highest BCUT2D eigenvalue weighted by Crippen LogP contribution is 2.34. The average molecular weight is 465 g/mol. The minimum atomic E-state index is -4.59. The molecule has 0 aliphatic rings. The summed E-state index contributed by atoms with van der Waals surface area (Å²) in [7, 11) is -3.93. The van der Waals surface area contributed by atoms with E-state index >= 15 is 0 Å². The van der Waals surface area contributed by atoms with Crippen molar-refractivity contribution in [2.24, 2.45) is 0 Å². The summed E-state index contributed by atoms with van der Waals surface area (Å²) in [5, 5.41) is 0.212. The van der Waals surface area contributed by atoms with Crippen LogP contribution in [0.25, 0.3) is 10.9 Å². The number of thioether (sulfide) groups is 1. The Morgan fingerprint density at radius 2 is 1.83 bits per heavy atom. The molecule has 1 aromatic heterocycles. The highest BCUT2D eigenvalue weighted by atomic mass is 35.5. The third-order valence-electron chi connectivity index (χ3n) is 3.82. The molecule has 2 aromatic carbocycles. The Hall–Kier alpha value is -1.88. The van der Waals surface area contributed by atoms with Gasteiger partial charge in [0, 0.05) is 22.6 Å². The molecule has 0 saturated heterocycles. The van der Waals surface area contributed by atoms with Gasteiger partial charge in [0.1, 0.15) is 11.5 Å². The van der Waals surface area contributed by atoms with Crippen LogP contribution < -0.4 is 4.72 Å². The molecule has 0 amide bonds. The van der Waals surface area contributed by atoms with Crippen LogP contribution in [0.5, 0.6) is 0 Å². The fourth-order valence-electron chi connectivity index (χ4n) is 2.47. The van der Waals surface area contributed by atoms with Gasteiger partial charge in [-0.2, -0.15) is 13.2 Å². The Balaban J connectivity index is 1.73. The quantitative estimate of drug-likeness (QED) is 0.312. The van der Waals surface area contributed by atoms with Crippen molar-refractivity contribution in [3.05, 3.63) is 65.1 Å². The van der Waals surface area contributed by atoms with Crippen LogP contribution >= 0.6 is 23.4 Å². The number of hydrogen-bond donors (Lipinski definition) is 1. The molecule has 0 unspecified atom stereocenters. The van der Waals surface area contributed by atoms with Crippen molar-refractivity contribution < 1.29 is 26.0 Å². The molecule has 1 N–H and O–H groups in total. The number of para-hydroxylation sites is 1. The second kappa shape index (κ2) is 8.47. The summed E-state index contributed by atoms with van der Waals surface area (Å²) < 4.78 is 79.3. The van der Waals surface area contributed by atoms with E-state index < -0.39 is 27.7 Å². The average Bonchev–Trinajstić information content (AvgIpc) is 2.66. The van der Waals surface area contributed by atoms with Gasteiger partial charge >= 0.3 is 6.18 Å². The Bertz CT molecular complexity index is 1150. The number of sulfonamides is 1. The number of rotatable bonds is 6. The molecule has 0 radical (unpaired) electrons. The monoisotopic (exact) mass is 464 g/mol. The Morgan fingerprint density at radius 1 is 1.10 bits per heavy atom. The number of nitrogens with zero attached hydrogens (tertiary/aromatic N) is 1.